The SMILES string of the molecule is CC1CCCC(C)N1Nc1ccc(C#N)c(F)c1F. The van der Waals surface area contributed by atoms with E-state index in [-0.39, 0.29) is 23.3 Å². The van der Waals surface area contributed by atoms with Crippen LogP contribution in [0.4, 0.5) is 14.5 Å². The first-order valence-electron chi connectivity index (χ1n) is 6.47. The number of nitriles is 1. The summed E-state index contributed by atoms with van der Waals surface area (Å²) in [6.45, 7) is 4.11. The van der Waals surface area contributed by atoms with Crippen LogP contribution in [0.5, 0.6) is 0 Å². The van der Waals surface area contributed by atoms with Gasteiger partial charge in [-0.15, -0.1) is 0 Å². The zero-order valence-corrected chi connectivity index (χ0v) is 11.1. The van der Waals surface area contributed by atoms with Gasteiger partial charge in [0.1, 0.15) is 6.07 Å². The molecule has 2 unspecified atom stereocenters. The van der Waals surface area contributed by atoms with E-state index in [1.165, 1.54) is 12.1 Å². The minimum atomic E-state index is -1.09. The van der Waals surface area contributed by atoms with E-state index in [9.17, 15) is 8.78 Å². The molecule has 1 N–H and O–H groups in total. The molecule has 3 nitrogen and oxygen atoms in total. The third-order valence-corrected chi connectivity index (χ3v) is 3.65. The topological polar surface area (TPSA) is 39.1 Å². The maximum Gasteiger partial charge on any atom is 0.184 e. The van der Waals surface area contributed by atoms with Crippen LogP contribution in [0.25, 0.3) is 0 Å². The number of rotatable bonds is 2. The monoisotopic (exact) mass is 265 g/mol. The van der Waals surface area contributed by atoms with Crippen molar-refractivity contribution in [1.29, 1.82) is 5.26 Å². The fourth-order valence-corrected chi connectivity index (χ4v) is 2.50. The predicted octanol–water partition coefficient (Wildman–Crippen LogP) is 3.43. The second-order valence-electron chi connectivity index (χ2n) is 5.05. The molecule has 2 rings (SSSR count). The normalized spacial score (nSPS) is 23.9. The first-order chi connectivity index (χ1) is 9.04. The van der Waals surface area contributed by atoms with Crippen LogP contribution in [0.1, 0.15) is 38.7 Å². The van der Waals surface area contributed by atoms with Crippen molar-refractivity contribution in [3.63, 3.8) is 0 Å². The summed E-state index contributed by atoms with van der Waals surface area (Å²) in [7, 11) is 0. The van der Waals surface area contributed by atoms with Gasteiger partial charge in [0, 0.05) is 12.1 Å². The molecule has 1 aromatic carbocycles. The molecule has 0 bridgehead atoms. The maximum atomic E-state index is 13.8. The van der Waals surface area contributed by atoms with Crippen LogP contribution in [0.2, 0.25) is 0 Å². The summed E-state index contributed by atoms with van der Waals surface area (Å²) in [5.41, 5.74) is 2.76. The molecule has 19 heavy (non-hydrogen) atoms. The first-order valence-corrected chi connectivity index (χ1v) is 6.47. The lowest BCUT2D eigenvalue weighted by molar-refractivity contribution is 0.135. The van der Waals surface area contributed by atoms with Crippen LogP contribution >= 0.6 is 0 Å². The van der Waals surface area contributed by atoms with E-state index in [1.54, 1.807) is 6.07 Å². The van der Waals surface area contributed by atoms with E-state index in [0.717, 1.165) is 19.3 Å². The van der Waals surface area contributed by atoms with Gasteiger partial charge in [0.2, 0.25) is 0 Å². The zero-order valence-electron chi connectivity index (χ0n) is 11.1. The highest BCUT2D eigenvalue weighted by atomic mass is 19.2. The summed E-state index contributed by atoms with van der Waals surface area (Å²) in [6.07, 6.45) is 3.19. The molecule has 0 aliphatic carbocycles. The van der Waals surface area contributed by atoms with E-state index >= 15 is 0 Å². The van der Waals surface area contributed by atoms with Crippen molar-refractivity contribution >= 4 is 5.69 Å². The Bertz CT molecular complexity index is 500. The van der Waals surface area contributed by atoms with E-state index < -0.39 is 11.6 Å². The fourth-order valence-electron chi connectivity index (χ4n) is 2.50. The summed E-state index contributed by atoms with van der Waals surface area (Å²) < 4.78 is 27.4. The molecule has 0 amide bonds. The van der Waals surface area contributed by atoms with Gasteiger partial charge < -0.3 is 5.43 Å². The highest BCUT2D eigenvalue weighted by molar-refractivity contribution is 5.49. The van der Waals surface area contributed by atoms with Gasteiger partial charge >= 0.3 is 0 Å². The zero-order chi connectivity index (χ0) is 14.0. The highest BCUT2D eigenvalue weighted by Crippen LogP contribution is 2.26. The van der Waals surface area contributed by atoms with Crippen molar-refractivity contribution < 1.29 is 8.78 Å². The van der Waals surface area contributed by atoms with Crippen molar-refractivity contribution in [2.24, 2.45) is 0 Å². The molecule has 102 valence electrons. The molecule has 1 aromatic rings. The number of halogens is 2. The summed E-state index contributed by atoms with van der Waals surface area (Å²) in [5.74, 6) is -2.09. The average Bonchev–Trinajstić information content (AvgIpc) is 2.39. The molecule has 0 aromatic heterocycles. The molecule has 1 heterocycles. The number of hydrogen-bond acceptors (Lipinski definition) is 3. The Morgan fingerprint density at radius 1 is 1.21 bits per heavy atom. The van der Waals surface area contributed by atoms with E-state index in [1.807, 2.05) is 5.01 Å². The van der Waals surface area contributed by atoms with Crippen molar-refractivity contribution in [2.75, 3.05) is 5.43 Å². The van der Waals surface area contributed by atoms with Crippen LogP contribution in [0.3, 0.4) is 0 Å². The van der Waals surface area contributed by atoms with Gasteiger partial charge in [-0.3, -0.25) is 0 Å². The van der Waals surface area contributed by atoms with Crippen molar-refractivity contribution in [1.82, 2.24) is 5.01 Å². The van der Waals surface area contributed by atoms with Crippen molar-refractivity contribution in [3.8, 4) is 6.07 Å². The van der Waals surface area contributed by atoms with E-state index in [4.69, 9.17) is 5.26 Å². The lowest BCUT2D eigenvalue weighted by Crippen LogP contribution is -2.47. The van der Waals surface area contributed by atoms with Gasteiger partial charge in [-0.05, 0) is 38.8 Å². The third-order valence-electron chi connectivity index (χ3n) is 3.65. The molecule has 0 radical (unpaired) electrons. The predicted molar refractivity (Wildman–Crippen MR) is 69.3 cm³/mol. The Morgan fingerprint density at radius 3 is 2.42 bits per heavy atom. The van der Waals surface area contributed by atoms with E-state index in [2.05, 4.69) is 19.3 Å². The Morgan fingerprint density at radius 2 is 1.84 bits per heavy atom. The number of nitrogens with one attached hydrogen (secondary N) is 1. The molecule has 0 saturated carbocycles. The van der Waals surface area contributed by atoms with Crippen molar-refractivity contribution in [2.45, 2.75) is 45.2 Å². The number of nitrogens with zero attached hydrogens (tertiary/aromatic N) is 2. The quantitative estimate of drug-likeness (QED) is 0.890. The molecular formula is C14H17F2N3. The van der Waals surface area contributed by atoms with E-state index in [0.29, 0.717) is 0 Å². The summed E-state index contributed by atoms with van der Waals surface area (Å²) in [5, 5.41) is 10.6. The Kier molecular flexibility index (Phi) is 4.01. The van der Waals surface area contributed by atoms with Crippen LogP contribution in [0, 0.1) is 23.0 Å². The molecule has 1 aliphatic rings. The number of hydrazine groups is 1. The number of anilines is 1. The minimum Gasteiger partial charge on any atom is -0.316 e. The number of hydrogen-bond donors (Lipinski definition) is 1. The molecule has 0 spiro atoms. The lowest BCUT2D eigenvalue weighted by Gasteiger charge is -2.39. The Balaban J connectivity index is 2.24. The maximum absolute atomic E-state index is 13.8. The van der Waals surface area contributed by atoms with Gasteiger partial charge in [0.15, 0.2) is 11.6 Å². The summed E-state index contributed by atoms with van der Waals surface area (Å²) in [4.78, 5) is 0. The molecular weight excluding hydrogens is 248 g/mol. The van der Waals surface area contributed by atoms with Gasteiger partial charge in [-0.25, -0.2) is 13.8 Å². The van der Waals surface area contributed by atoms with Crippen LogP contribution in [0.15, 0.2) is 12.1 Å². The Hall–Kier alpha value is -1.67. The van der Waals surface area contributed by atoms with Gasteiger partial charge in [-0.1, -0.05) is 6.42 Å². The number of benzene rings is 1. The second-order valence-corrected chi connectivity index (χ2v) is 5.05. The van der Waals surface area contributed by atoms with Gasteiger partial charge in [0.05, 0.1) is 11.3 Å². The van der Waals surface area contributed by atoms with Crippen molar-refractivity contribution in [3.05, 3.63) is 29.3 Å². The molecule has 1 aliphatic heterocycles. The molecule has 1 fully saturated rings. The molecule has 2 atom stereocenters. The standard InChI is InChI=1S/C14H17F2N3/c1-9-4-3-5-10(2)19(9)18-12-7-6-11(8-17)13(15)14(12)16/h6-7,9-10,18H,3-5H2,1-2H3. The first kappa shape index (κ1) is 13.8. The smallest absolute Gasteiger partial charge is 0.184 e. The highest BCUT2D eigenvalue weighted by Gasteiger charge is 2.26. The van der Waals surface area contributed by atoms with Gasteiger partial charge in [0.25, 0.3) is 0 Å². The fraction of sp³-hybridized carbons (Fsp3) is 0.500. The van der Waals surface area contributed by atoms with Crippen LogP contribution in [-0.4, -0.2) is 17.1 Å². The molecule has 5 heteroatoms. The summed E-state index contributed by atoms with van der Waals surface area (Å²) >= 11 is 0. The summed E-state index contributed by atoms with van der Waals surface area (Å²) in [6, 6.07) is 4.86. The van der Waals surface area contributed by atoms with Gasteiger partial charge in [-0.2, -0.15) is 5.26 Å². The Labute approximate surface area is 111 Å². The molecule has 1 saturated heterocycles. The second kappa shape index (κ2) is 5.54. The largest absolute Gasteiger partial charge is 0.316 e. The van der Waals surface area contributed by atoms with Crippen LogP contribution in [-0.2, 0) is 0 Å². The average molecular weight is 265 g/mol. The third kappa shape index (κ3) is 2.69. The minimum absolute atomic E-state index is 0.0806. The lowest BCUT2D eigenvalue weighted by atomic mass is 10.00. The number of piperidine rings is 1. The van der Waals surface area contributed by atoms with Crippen LogP contribution < -0.4 is 5.43 Å².